The van der Waals surface area contributed by atoms with E-state index in [0.717, 1.165) is 31.8 Å². The zero-order valence-corrected chi connectivity index (χ0v) is 12.0. The van der Waals surface area contributed by atoms with Gasteiger partial charge in [-0.05, 0) is 37.5 Å². The maximum absolute atomic E-state index is 12.6. The van der Waals surface area contributed by atoms with E-state index in [9.17, 15) is 14.7 Å². The van der Waals surface area contributed by atoms with Crippen molar-refractivity contribution in [1.29, 1.82) is 0 Å². The summed E-state index contributed by atoms with van der Waals surface area (Å²) in [5.41, 5.74) is 0. The number of rotatable bonds is 1. The number of carboxylic acid groups (broad SMARTS) is 1. The van der Waals surface area contributed by atoms with Crippen LogP contribution in [-0.2, 0) is 4.79 Å². The van der Waals surface area contributed by atoms with E-state index in [1.807, 2.05) is 4.90 Å². The molecule has 0 aromatic rings. The van der Waals surface area contributed by atoms with E-state index in [1.54, 1.807) is 4.90 Å². The van der Waals surface area contributed by atoms with Gasteiger partial charge in [0.15, 0.2) is 0 Å². The Bertz CT molecular complexity index is 399. The second kappa shape index (κ2) is 5.62. The molecule has 0 bridgehead atoms. The van der Waals surface area contributed by atoms with Gasteiger partial charge in [-0.1, -0.05) is 19.3 Å². The highest BCUT2D eigenvalue weighted by Crippen LogP contribution is 2.36. The number of likely N-dealkylation sites (tertiary alicyclic amines) is 2. The Hall–Kier alpha value is -1.26. The summed E-state index contributed by atoms with van der Waals surface area (Å²) in [4.78, 5) is 27.3. The number of carbonyl (C=O) groups is 2. The molecule has 112 valence electrons. The summed E-state index contributed by atoms with van der Waals surface area (Å²) >= 11 is 0. The minimum Gasteiger partial charge on any atom is -0.480 e. The van der Waals surface area contributed by atoms with Crippen LogP contribution >= 0.6 is 0 Å². The molecule has 0 spiro atoms. The van der Waals surface area contributed by atoms with Gasteiger partial charge in [0.2, 0.25) is 0 Å². The summed E-state index contributed by atoms with van der Waals surface area (Å²) in [5, 5.41) is 9.21. The van der Waals surface area contributed by atoms with Crippen LogP contribution in [0.1, 0.15) is 44.9 Å². The van der Waals surface area contributed by atoms with Gasteiger partial charge in [0, 0.05) is 19.6 Å². The molecule has 20 heavy (non-hydrogen) atoms. The molecule has 2 aliphatic heterocycles. The normalized spacial score (nSPS) is 33.9. The topological polar surface area (TPSA) is 60.9 Å². The van der Waals surface area contributed by atoms with Gasteiger partial charge in [0.1, 0.15) is 6.04 Å². The number of hydrogen-bond acceptors (Lipinski definition) is 2. The molecule has 1 N–H and O–H groups in total. The van der Waals surface area contributed by atoms with Crippen molar-refractivity contribution < 1.29 is 14.7 Å². The second-order valence-corrected chi connectivity index (χ2v) is 6.51. The molecule has 2 heterocycles. The Morgan fingerprint density at radius 2 is 1.65 bits per heavy atom. The largest absolute Gasteiger partial charge is 0.480 e. The predicted octanol–water partition coefficient (Wildman–Crippen LogP) is 2.17. The molecule has 0 radical (unpaired) electrons. The lowest BCUT2D eigenvalue weighted by Gasteiger charge is -2.42. The molecule has 2 amide bonds. The van der Waals surface area contributed by atoms with E-state index in [-0.39, 0.29) is 6.03 Å². The maximum Gasteiger partial charge on any atom is 0.326 e. The highest BCUT2D eigenvalue weighted by Gasteiger charge is 2.39. The fourth-order valence-corrected chi connectivity index (χ4v) is 4.21. The van der Waals surface area contributed by atoms with Crippen LogP contribution in [0.4, 0.5) is 4.79 Å². The maximum atomic E-state index is 12.6. The van der Waals surface area contributed by atoms with Crippen molar-refractivity contribution in [2.24, 2.45) is 11.8 Å². The summed E-state index contributed by atoms with van der Waals surface area (Å²) in [7, 11) is 0. The summed E-state index contributed by atoms with van der Waals surface area (Å²) in [5.74, 6) is 0.581. The fourth-order valence-electron chi connectivity index (χ4n) is 4.21. The SMILES string of the molecule is O=C(O)C1CCCN1C(=O)N1CCC2CCCCC2C1. The van der Waals surface area contributed by atoms with Crippen molar-refractivity contribution in [3.63, 3.8) is 0 Å². The van der Waals surface area contributed by atoms with Crippen LogP contribution in [0.2, 0.25) is 0 Å². The molecule has 3 rings (SSSR count). The Morgan fingerprint density at radius 3 is 2.40 bits per heavy atom. The lowest BCUT2D eigenvalue weighted by Crippen LogP contribution is -2.52. The lowest BCUT2D eigenvalue weighted by atomic mass is 9.75. The van der Waals surface area contributed by atoms with Crippen LogP contribution in [0, 0.1) is 11.8 Å². The first kappa shape index (κ1) is 13.7. The second-order valence-electron chi connectivity index (χ2n) is 6.51. The third-order valence-corrected chi connectivity index (χ3v) is 5.35. The predicted molar refractivity (Wildman–Crippen MR) is 74.4 cm³/mol. The van der Waals surface area contributed by atoms with Crippen molar-refractivity contribution in [2.75, 3.05) is 19.6 Å². The molecule has 3 aliphatic rings. The molecule has 3 atom stereocenters. The van der Waals surface area contributed by atoms with E-state index >= 15 is 0 Å². The molecule has 3 unspecified atom stereocenters. The van der Waals surface area contributed by atoms with Crippen molar-refractivity contribution >= 4 is 12.0 Å². The third-order valence-electron chi connectivity index (χ3n) is 5.35. The van der Waals surface area contributed by atoms with Crippen LogP contribution in [0.3, 0.4) is 0 Å². The summed E-state index contributed by atoms with van der Waals surface area (Å²) in [6.45, 7) is 2.25. The number of hydrogen-bond donors (Lipinski definition) is 1. The number of amides is 2. The lowest BCUT2D eigenvalue weighted by molar-refractivity contribution is -0.141. The molecular formula is C15H24N2O3. The smallest absolute Gasteiger partial charge is 0.326 e. The van der Waals surface area contributed by atoms with Gasteiger partial charge >= 0.3 is 12.0 Å². The highest BCUT2D eigenvalue weighted by molar-refractivity contribution is 5.83. The summed E-state index contributed by atoms with van der Waals surface area (Å²) < 4.78 is 0. The fraction of sp³-hybridized carbons (Fsp3) is 0.867. The quantitative estimate of drug-likeness (QED) is 0.800. The van der Waals surface area contributed by atoms with Gasteiger partial charge in [0.05, 0.1) is 0 Å². The van der Waals surface area contributed by atoms with Crippen molar-refractivity contribution in [3.8, 4) is 0 Å². The Labute approximate surface area is 119 Å². The Balaban J connectivity index is 1.64. The molecule has 1 aliphatic carbocycles. The molecule has 0 aromatic carbocycles. The van der Waals surface area contributed by atoms with E-state index in [4.69, 9.17) is 0 Å². The first-order valence-electron chi connectivity index (χ1n) is 7.95. The van der Waals surface area contributed by atoms with Gasteiger partial charge in [-0.25, -0.2) is 9.59 Å². The molecule has 5 nitrogen and oxygen atoms in total. The highest BCUT2D eigenvalue weighted by atomic mass is 16.4. The van der Waals surface area contributed by atoms with Crippen molar-refractivity contribution in [1.82, 2.24) is 9.80 Å². The standard InChI is InChI=1S/C15H24N2O3/c18-14(19)13-6-3-8-17(13)15(20)16-9-7-11-4-1-2-5-12(11)10-16/h11-13H,1-10H2,(H,18,19). The van der Waals surface area contributed by atoms with Crippen molar-refractivity contribution in [3.05, 3.63) is 0 Å². The third kappa shape index (κ3) is 2.50. The number of fused-ring (bicyclic) bond motifs is 1. The number of piperidine rings is 1. The number of urea groups is 1. The molecule has 0 aromatic heterocycles. The van der Waals surface area contributed by atoms with Gasteiger partial charge < -0.3 is 14.9 Å². The van der Waals surface area contributed by atoms with E-state index < -0.39 is 12.0 Å². The molecule has 1 saturated carbocycles. The van der Waals surface area contributed by atoms with Crippen LogP contribution in [0.15, 0.2) is 0 Å². The number of carboxylic acids is 1. The van der Waals surface area contributed by atoms with Gasteiger partial charge in [-0.2, -0.15) is 0 Å². The monoisotopic (exact) mass is 280 g/mol. The minimum absolute atomic E-state index is 0.0427. The zero-order chi connectivity index (χ0) is 14.1. The van der Waals surface area contributed by atoms with Crippen LogP contribution < -0.4 is 0 Å². The number of nitrogens with zero attached hydrogens (tertiary/aromatic N) is 2. The number of carbonyl (C=O) groups excluding carboxylic acids is 1. The first-order chi connectivity index (χ1) is 9.66. The van der Waals surface area contributed by atoms with Gasteiger partial charge in [0.25, 0.3) is 0 Å². The molecule has 5 heteroatoms. The van der Waals surface area contributed by atoms with Gasteiger partial charge in [-0.3, -0.25) is 0 Å². The molecular weight excluding hydrogens is 256 g/mol. The molecule has 3 fully saturated rings. The van der Waals surface area contributed by atoms with Crippen LogP contribution in [-0.4, -0.2) is 52.6 Å². The summed E-state index contributed by atoms with van der Waals surface area (Å²) in [6, 6.07) is -0.648. The number of aliphatic carboxylic acids is 1. The molecule has 2 saturated heterocycles. The zero-order valence-electron chi connectivity index (χ0n) is 12.0. The minimum atomic E-state index is -0.858. The van der Waals surface area contributed by atoms with E-state index in [0.29, 0.717) is 18.9 Å². The van der Waals surface area contributed by atoms with Gasteiger partial charge in [-0.15, -0.1) is 0 Å². The van der Waals surface area contributed by atoms with Crippen LogP contribution in [0.25, 0.3) is 0 Å². The van der Waals surface area contributed by atoms with E-state index in [1.165, 1.54) is 25.7 Å². The average Bonchev–Trinajstić information content (AvgIpc) is 2.95. The first-order valence-corrected chi connectivity index (χ1v) is 7.95. The van der Waals surface area contributed by atoms with Crippen LogP contribution in [0.5, 0.6) is 0 Å². The average molecular weight is 280 g/mol. The van der Waals surface area contributed by atoms with E-state index in [2.05, 4.69) is 0 Å². The Kier molecular flexibility index (Phi) is 3.85. The Morgan fingerprint density at radius 1 is 0.900 bits per heavy atom. The van der Waals surface area contributed by atoms with Crippen molar-refractivity contribution in [2.45, 2.75) is 51.0 Å². The summed E-state index contributed by atoms with van der Waals surface area (Å²) in [6.07, 6.45) is 7.67.